The van der Waals surface area contributed by atoms with E-state index in [2.05, 4.69) is 9.97 Å². The molecule has 0 amide bonds. The molecule has 2 fully saturated rings. The van der Waals surface area contributed by atoms with Gasteiger partial charge in [0.05, 0.1) is 24.0 Å². The zero-order valence-corrected chi connectivity index (χ0v) is 11.4. The number of aromatic nitrogens is 3. The first kappa shape index (κ1) is 13.2. The number of hydrogen-bond acceptors (Lipinski definition) is 6. The van der Waals surface area contributed by atoms with Gasteiger partial charge >= 0.3 is 0 Å². The molecule has 4 rings (SSSR count). The molecule has 112 valence electrons. The van der Waals surface area contributed by atoms with Crippen molar-refractivity contribution < 1.29 is 19.3 Å². The average Bonchev–Trinajstić information content (AvgIpc) is 2.73. The number of nitrogens with zero attached hydrogens (tertiary/aromatic N) is 3. The summed E-state index contributed by atoms with van der Waals surface area (Å²) in [5.41, 5.74) is 6.14. The minimum absolute atomic E-state index is 0.0339. The molecule has 1 aliphatic carbocycles. The molecule has 2 aromatic rings. The molecular weight excluding hydrogens is 303 g/mol. The van der Waals surface area contributed by atoms with Gasteiger partial charge in [0, 0.05) is 6.20 Å². The Kier molecular flexibility index (Phi) is 2.54. The number of ether oxygens (including phenoxy) is 1. The number of aliphatic hydroxyl groups excluding tert-OH is 2. The fourth-order valence-corrected chi connectivity index (χ4v) is 3.37. The summed E-state index contributed by atoms with van der Waals surface area (Å²) in [6.07, 6.45) is -0.362. The third kappa shape index (κ3) is 1.58. The maximum Gasteiger partial charge on any atom is 0.238 e. The number of fused-ring (bicyclic) bond motifs is 2. The minimum atomic E-state index is -2.01. The van der Waals surface area contributed by atoms with Gasteiger partial charge in [0.2, 0.25) is 11.1 Å². The van der Waals surface area contributed by atoms with E-state index < -0.39 is 36.6 Å². The van der Waals surface area contributed by atoms with Gasteiger partial charge in [-0.1, -0.05) is 0 Å². The van der Waals surface area contributed by atoms with Gasteiger partial charge in [-0.15, -0.1) is 0 Å². The first-order chi connectivity index (χ1) is 9.97. The van der Waals surface area contributed by atoms with Crippen LogP contribution in [0.5, 0.6) is 0 Å². The second-order valence-corrected chi connectivity index (χ2v) is 5.67. The molecule has 1 saturated heterocycles. The Balaban J connectivity index is 1.77. The van der Waals surface area contributed by atoms with E-state index in [9.17, 15) is 9.50 Å². The van der Waals surface area contributed by atoms with Crippen molar-refractivity contribution >= 4 is 28.5 Å². The summed E-state index contributed by atoms with van der Waals surface area (Å²) in [6, 6.07) is 0.937. The van der Waals surface area contributed by atoms with Gasteiger partial charge in [0.1, 0.15) is 23.6 Å². The van der Waals surface area contributed by atoms with Crippen molar-refractivity contribution in [1.82, 2.24) is 14.5 Å². The van der Waals surface area contributed by atoms with Crippen LogP contribution in [-0.2, 0) is 4.74 Å². The first-order valence-corrected chi connectivity index (χ1v) is 6.80. The summed E-state index contributed by atoms with van der Waals surface area (Å²) in [4.78, 5) is 7.90. The highest BCUT2D eigenvalue weighted by atomic mass is 35.5. The van der Waals surface area contributed by atoms with Crippen LogP contribution in [0, 0.1) is 5.92 Å². The van der Waals surface area contributed by atoms with Crippen molar-refractivity contribution in [3.63, 3.8) is 0 Å². The summed E-state index contributed by atoms with van der Waals surface area (Å²) >= 11 is 5.78. The van der Waals surface area contributed by atoms with E-state index in [0.29, 0.717) is 11.0 Å². The normalized spacial score (nSPS) is 37.9. The molecule has 0 bridgehead atoms. The van der Waals surface area contributed by atoms with Gasteiger partial charge in [-0.3, -0.25) is 0 Å². The summed E-state index contributed by atoms with van der Waals surface area (Å²) < 4.78 is 21.4. The van der Waals surface area contributed by atoms with Crippen LogP contribution in [0.3, 0.4) is 0 Å². The lowest BCUT2D eigenvalue weighted by atomic mass is 10.1. The Morgan fingerprint density at radius 3 is 2.90 bits per heavy atom. The third-order valence-electron chi connectivity index (χ3n) is 4.22. The summed E-state index contributed by atoms with van der Waals surface area (Å²) in [5, 5.41) is 19.6. The predicted octanol–water partition coefficient (Wildman–Crippen LogP) is 0.256. The summed E-state index contributed by atoms with van der Waals surface area (Å²) in [7, 11) is 0. The van der Waals surface area contributed by atoms with Gasteiger partial charge in [-0.25, -0.2) is 9.37 Å². The van der Waals surface area contributed by atoms with Crippen molar-refractivity contribution in [2.75, 3.05) is 12.3 Å². The fourth-order valence-electron chi connectivity index (χ4n) is 3.20. The SMILES string of the molecule is Nc1nc(Cl)nc2c1ccn2[C@H]1C2C(O)[C@@H](CO)OC21F. The fraction of sp³-hybridized carbons (Fsp3) is 0.500. The molecule has 3 heterocycles. The van der Waals surface area contributed by atoms with Crippen molar-refractivity contribution in [3.8, 4) is 0 Å². The molecule has 0 aromatic carbocycles. The highest BCUT2D eigenvalue weighted by molar-refractivity contribution is 6.28. The Labute approximate surface area is 123 Å². The zero-order valence-electron chi connectivity index (χ0n) is 10.6. The number of halogens is 2. The van der Waals surface area contributed by atoms with Crippen LogP contribution < -0.4 is 5.73 Å². The van der Waals surface area contributed by atoms with Crippen LogP contribution >= 0.6 is 11.6 Å². The monoisotopic (exact) mass is 314 g/mol. The van der Waals surface area contributed by atoms with Crippen LogP contribution in [0.25, 0.3) is 11.0 Å². The Morgan fingerprint density at radius 2 is 2.29 bits per heavy atom. The summed E-state index contributed by atoms with van der Waals surface area (Å²) in [5.74, 6) is -2.55. The van der Waals surface area contributed by atoms with E-state index in [0.717, 1.165) is 0 Å². The van der Waals surface area contributed by atoms with Crippen LogP contribution in [-0.4, -0.2) is 49.4 Å². The number of nitrogen functional groups attached to an aromatic ring is 1. The molecule has 3 unspecified atom stereocenters. The molecule has 21 heavy (non-hydrogen) atoms. The Hall–Kier alpha value is -1.48. The van der Waals surface area contributed by atoms with Crippen LogP contribution in [0.1, 0.15) is 6.04 Å². The van der Waals surface area contributed by atoms with E-state index >= 15 is 0 Å². The molecule has 1 aliphatic heterocycles. The molecular formula is C12H12ClFN4O3. The molecule has 4 N–H and O–H groups in total. The molecule has 2 aliphatic rings. The lowest BCUT2D eigenvalue weighted by Gasteiger charge is -2.19. The molecule has 9 heteroatoms. The third-order valence-corrected chi connectivity index (χ3v) is 4.39. The quantitative estimate of drug-likeness (QED) is 0.686. The van der Waals surface area contributed by atoms with E-state index in [1.807, 2.05) is 0 Å². The van der Waals surface area contributed by atoms with E-state index in [4.69, 9.17) is 27.2 Å². The van der Waals surface area contributed by atoms with Gasteiger partial charge in [-0.05, 0) is 17.7 Å². The molecule has 0 spiro atoms. The van der Waals surface area contributed by atoms with Crippen molar-refractivity contribution in [2.24, 2.45) is 5.92 Å². The zero-order chi connectivity index (χ0) is 14.9. The molecule has 1 saturated carbocycles. The first-order valence-electron chi connectivity index (χ1n) is 6.42. The van der Waals surface area contributed by atoms with E-state index in [1.165, 1.54) is 0 Å². The smallest absolute Gasteiger partial charge is 0.238 e. The van der Waals surface area contributed by atoms with Crippen LogP contribution in [0.2, 0.25) is 5.28 Å². The van der Waals surface area contributed by atoms with Gasteiger partial charge in [-0.2, -0.15) is 4.98 Å². The molecule has 7 nitrogen and oxygen atoms in total. The maximum absolute atomic E-state index is 14.7. The topological polar surface area (TPSA) is 106 Å². The highest BCUT2D eigenvalue weighted by Crippen LogP contribution is 2.65. The van der Waals surface area contributed by atoms with E-state index in [-0.39, 0.29) is 11.1 Å². The molecule has 2 aromatic heterocycles. The Bertz CT molecular complexity index is 741. The average molecular weight is 315 g/mol. The van der Waals surface area contributed by atoms with Gasteiger partial charge in [0.25, 0.3) is 0 Å². The van der Waals surface area contributed by atoms with E-state index in [1.54, 1.807) is 16.8 Å². The van der Waals surface area contributed by atoms with Crippen LogP contribution in [0.4, 0.5) is 10.2 Å². The number of hydrogen-bond donors (Lipinski definition) is 3. The standard InChI is InChI=1S/C12H12ClFN4O3/c13-11-16-9(15)4-1-2-18(10(4)17-11)8-6-7(20)5(3-19)21-12(6,8)14/h1-2,5-8,19-20H,3H2,(H2,15,16,17)/t5-,6?,7?,8+,12?/m1/s1. The lowest BCUT2D eigenvalue weighted by molar-refractivity contribution is -0.120. The maximum atomic E-state index is 14.7. The van der Waals surface area contributed by atoms with Gasteiger partial charge in [0.15, 0.2) is 0 Å². The van der Waals surface area contributed by atoms with Crippen LogP contribution in [0.15, 0.2) is 12.3 Å². The molecule has 0 radical (unpaired) electrons. The largest absolute Gasteiger partial charge is 0.394 e. The van der Waals surface area contributed by atoms with Crippen molar-refractivity contribution in [1.29, 1.82) is 0 Å². The number of aliphatic hydroxyl groups is 2. The molecule has 5 atom stereocenters. The van der Waals surface area contributed by atoms with Crippen molar-refractivity contribution in [2.45, 2.75) is 24.1 Å². The second-order valence-electron chi connectivity index (χ2n) is 5.34. The predicted molar refractivity (Wildman–Crippen MR) is 71.3 cm³/mol. The second kappa shape index (κ2) is 4.04. The number of alkyl halides is 1. The lowest BCUT2D eigenvalue weighted by Crippen LogP contribution is -2.31. The number of nitrogens with two attached hydrogens (primary N) is 1. The Morgan fingerprint density at radius 1 is 1.52 bits per heavy atom. The highest BCUT2D eigenvalue weighted by Gasteiger charge is 2.78. The minimum Gasteiger partial charge on any atom is -0.394 e. The summed E-state index contributed by atoms with van der Waals surface area (Å²) in [6.45, 7) is -0.427. The van der Waals surface area contributed by atoms with Crippen molar-refractivity contribution in [3.05, 3.63) is 17.5 Å². The van der Waals surface area contributed by atoms with Gasteiger partial charge < -0.3 is 25.3 Å². The number of rotatable bonds is 2. The number of anilines is 1.